The fourth-order valence-electron chi connectivity index (χ4n) is 1.15. The number of nitrogens with zero attached hydrogens (tertiary/aromatic N) is 2. The molecule has 0 aliphatic carbocycles. The lowest BCUT2D eigenvalue weighted by Crippen LogP contribution is -2.31. The average molecular weight is 238 g/mol. The lowest BCUT2D eigenvalue weighted by atomic mass is 9.88. The summed E-state index contributed by atoms with van der Waals surface area (Å²) in [6.45, 7) is 8.22. The number of nitrogens with two attached hydrogens (primary N) is 1. The molecular formula is C11H18N4O2. The van der Waals surface area contributed by atoms with Gasteiger partial charge < -0.3 is 11.1 Å². The van der Waals surface area contributed by atoms with Gasteiger partial charge in [0.2, 0.25) is 0 Å². The fraction of sp³-hybridized carbons (Fsp3) is 0.545. The Hall–Kier alpha value is -1.85. The van der Waals surface area contributed by atoms with Gasteiger partial charge in [-0.1, -0.05) is 20.8 Å². The molecule has 1 aromatic heterocycles. The normalized spacial score (nSPS) is 13.2. The van der Waals surface area contributed by atoms with Gasteiger partial charge in [-0.3, -0.25) is 10.1 Å². The van der Waals surface area contributed by atoms with Crippen molar-refractivity contribution in [2.24, 2.45) is 5.41 Å². The van der Waals surface area contributed by atoms with Crippen LogP contribution in [0.4, 0.5) is 17.3 Å². The molecule has 0 bridgehead atoms. The van der Waals surface area contributed by atoms with Crippen LogP contribution in [-0.2, 0) is 0 Å². The highest BCUT2D eigenvalue weighted by atomic mass is 16.6. The summed E-state index contributed by atoms with van der Waals surface area (Å²) in [5, 5.41) is 13.8. The van der Waals surface area contributed by atoms with Gasteiger partial charge in [0, 0.05) is 6.04 Å². The predicted octanol–water partition coefficient (Wildman–Crippen LogP) is 2.42. The van der Waals surface area contributed by atoms with E-state index in [1.807, 2.05) is 6.92 Å². The van der Waals surface area contributed by atoms with E-state index in [0.29, 0.717) is 5.82 Å². The number of pyridine rings is 1. The average Bonchev–Trinajstić information content (AvgIpc) is 2.14. The summed E-state index contributed by atoms with van der Waals surface area (Å²) >= 11 is 0. The second-order valence-corrected chi connectivity index (χ2v) is 5.12. The first-order valence-electron chi connectivity index (χ1n) is 5.38. The Labute approximate surface area is 100 Å². The second kappa shape index (κ2) is 4.57. The third-order valence-electron chi connectivity index (χ3n) is 2.70. The number of nitrogen functional groups attached to an aromatic ring is 1. The number of hydrogen-bond donors (Lipinski definition) is 2. The van der Waals surface area contributed by atoms with E-state index in [1.165, 1.54) is 12.1 Å². The second-order valence-electron chi connectivity index (χ2n) is 5.12. The van der Waals surface area contributed by atoms with Crippen LogP contribution in [0.25, 0.3) is 0 Å². The van der Waals surface area contributed by atoms with E-state index in [2.05, 4.69) is 31.1 Å². The van der Waals surface area contributed by atoms with E-state index in [4.69, 9.17) is 5.73 Å². The highest BCUT2D eigenvalue weighted by Gasteiger charge is 2.21. The maximum atomic E-state index is 10.7. The molecule has 0 aromatic carbocycles. The Morgan fingerprint density at radius 2 is 2.06 bits per heavy atom. The quantitative estimate of drug-likeness (QED) is 0.623. The van der Waals surface area contributed by atoms with Crippen LogP contribution < -0.4 is 11.1 Å². The molecule has 0 spiro atoms. The number of rotatable bonds is 3. The Kier molecular flexibility index (Phi) is 3.55. The summed E-state index contributed by atoms with van der Waals surface area (Å²) in [5.41, 5.74) is 5.50. The minimum atomic E-state index is -0.481. The molecule has 1 heterocycles. The standard InChI is InChI=1S/C11H18N4O2/c1-7(11(2,3)4)13-10-6-8(15(16)17)5-9(12)14-10/h5-7H,1-4H3,(H3,12,13,14). The predicted molar refractivity (Wildman–Crippen MR) is 67.8 cm³/mol. The van der Waals surface area contributed by atoms with Crippen molar-refractivity contribution in [2.45, 2.75) is 33.7 Å². The van der Waals surface area contributed by atoms with E-state index in [-0.39, 0.29) is 23.0 Å². The van der Waals surface area contributed by atoms with E-state index in [9.17, 15) is 10.1 Å². The van der Waals surface area contributed by atoms with Gasteiger partial charge in [0.05, 0.1) is 17.1 Å². The molecule has 6 heteroatoms. The van der Waals surface area contributed by atoms with Gasteiger partial charge in [-0.25, -0.2) is 4.98 Å². The first kappa shape index (κ1) is 13.2. The number of nitro groups is 1. The minimum absolute atomic E-state index is 0.0288. The molecule has 1 unspecified atom stereocenters. The van der Waals surface area contributed by atoms with Crippen LogP contribution in [0.1, 0.15) is 27.7 Å². The van der Waals surface area contributed by atoms with Crippen molar-refractivity contribution in [1.29, 1.82) is 0 Å². The Bertz CT molecular complexity index is 426. The molecule has 6 nitrogen and oxygen atoms in total. The summed E-state index contributed by atoms with van der Waals surface area (Å²) in [4.78, 5) is 14.2. The van der Waals surface area contributed by atoms with Crippen LogP contribution in [0.3, 0.4) is 0 Å². The molecule has 1 rings (SSSR count). The molecule has 0 saturated heterocycles. The molecule has 0 amide bonds. The van der Waals surface area contributed by atoms with Gasteiger partial charge >= 0.3 is 0 Å². The zero-order valence-corrected chi connectivity index (χ0v) is 10.5. The van der Waals surface area contributed by atoms with Crippen LogP contribution in [0, 0.1) is 15.5 Å². The minimum Gasteiger partial charge on any atom is -0.383 e. The van der Waals surface area contributed by atoms with Gasteiger partial charge in [0.1, 0.15) is 11.6 Å². The Morgan fingerprint density at radius 3 is 2.53 bits per heavy atom. The first-order valence-corrected chi connectivity index (χ1v) is 5.38. The molecule has 1 atom stereocenters. The summed E-state index contributed by atoms with van der Waals surface area (Å²) in [5.74, 6) is 0.571. The van der Waals surface area contributed by atoms with Gasteiger partial charge in [-0.2, -0.15) is 0 Å². The Morgan fingerprint density at radius 1 is 1.47 bits per heavy atom. The number of anilines is 2. The van der Waals surface area contributed by atoms with E-state index >= 15 is 0 Å². The smallest absolute Gasteiger partial charge is 0.276 e. The summed E-state index contributed by atoms with van der Waals surface area (Å²) in [6.07, 6.45) is 0. The molecule has 94 valence electrons. The monoisotopic (exact) mass is 238 g/mol. The zero-order valence-electron chi connectivity index (χ0n) is 10.5. The maximum absolute atomic E-state index is 10.7. The molecule has 1 aromatic rings. The molecule has 0 aliphatic heterocycles. The summed E-state index contributed by atoms with van der Waals surface area (Å²) in [7, 11) is 0. The van der Waals surface area contributed by atoms with Crippen molar-refractivity contribution in [1.82, 2.24) is 4.98 Å². The number of aromatic nitrogens is 1. The first-order chi connectivity index (χ1) is 7.70. The Balaban J connectivity index is 2.96. The summed E-state index contributed by atoms with van der Waals surface area (Å²) in [6, 6.07) is 2.75. The van der Waals surface area contributed by atoms with Gasteiger partial charge in [0.25, 0.3) is 5.69 Å². The highest BCUT2D eigenvalue weighted by Crippen LogP contribution is 2.24. The van der Waals surface area contributed by atoms with Crippen LogP contribution in [-0.4, -0.2) is 15.9 Å². The van der Waals surface area contributed by atoms with Crippen LogP contribution in [0.15, 0.2) is 12.1 Å². The largest absolute Gasteiger partial charge is 0.383 e. The SMILES string of the molecule is CC(Nc1cc([N+](=O)[O-])cc(N)n1)C(C)(C)C. The molecular weight excluding hydrogens is 220 g/mol. The molecule has 0 saturated carbocycles. The lowest BCUT2D eigenvalue weighted by Gasteiger charge is -2.28. The van der Waals surface area contributed by atoms with Crippen LogP contribution >= 0.6 is 0 Å². The van der Waals surface area contributed by atoms with Crippen molar-refractivity contribution in [3.63, 3.8) is 0 Å². The van der Waals surface area contributed by atoms with Crippen LogP contribution in [0.2, 0.25) is 0 Å². The van der Waals surface area contributed by atoms with Crippen molar-refractivity contribution in [3.8, 4) is 0 Å². The number of hydrogen-bond acceptors (Lipinski definition) is 5. The van der Waals surface area contributed by atoms with E-state index in [1.54, 1.807) is 0 Å². The van der Waals surface area contributed by atoms with Gasteiger partial charge in [-0.05, 0) is 12.3 Å². The molecule has 0 aliphatic rings. The zero-order chi connectivity index (χ0) is 13.2. The third kappa shape index (κ3) is 3.58. The van der Waals surface area contributed by atoms with Crippen molar-refractivity contribution in [2.75, 3.05) is 11.1 Å². The summed E-state index contributed by atoms with van der Waals surface area (Å²) < 4.78 is 0. The maximum Gasteiger partial charge on any atom is 0.276 e. The molecule has 17 heavy (non-hydrogen) atoms. The van der Waals surface area contributed by atoms with E-state index < -0.39 is 4.92 Å². The lowest BCUT2D eigenvalue weighted by molar-refractivity contribution is -0.384. The van der Waals surface area contributed by atoms with Gasteiger partial charge in [-0.15, -0.1) is 0 Å². The third-order valence-corrected chi connectivity index (χ3v) is 2.70. The molecule has 3 N–H and O–H groups in total. The van der Waals surface area contributed by atoms with Crippen LogP contribution in [0.5, 0.6) is 0 Å². The topological polar surface area (TPSA) is 94.1 Å². The van der Waals surface area contributed by atoms with Gasteiger partial charge in [0.15, 0.2) is 0 Å². The molecule has 0 fully saturated rings. The van der Waals surface area contributed by atoms with Crippen molar-refractivity contribution < 1.29 is 4.92 Å². The van der Waals surface area contributed by atoms with Crippen molar-refractivity contribution >= 4 is 17.3 Å². The number of nitrogens with one attached hydrogen (secondary N) is 1. The highest BCUT2D eigenvalue weighted by molar-refractivity contribution is 5.53. The molecule has 0 radical (unpaired) electrons. The van der Waals surface area contributed by atoms with Crippen molar-refractivity contribution in [3.05, 3.63) is 22.2 Å². The fourth-order valence-corrected chi connectivity index (χ4v) is 1.15. The van der Waals surface area contributed by atoms with E-state index in [0.717, 1.165) is 0 Å².